The zero-order valence-electron chi connectivity index (χ0n) is 13.6. The third-order valence-corrected chi connectivity index (χ3v) is 3.59. The van der Waals surface area contributed by atoms with Crippen LogP contribution in [0.3, 0.4) is 0 Å². The summed E-state index contributed by atoms with van der Waals surface area (Å²) in [6, 6.07) is 0. The molecule has 1 atom stereocenters. The second-order valence-corrected chi connectivity index (χ2v) is 5.48. The van der Waals surface area contributed by atoms with Crippen LogP contribution >= 0.6 is 0 Å². The lowest BCUT2D eigenvalue weighted by Gasteiger charge is -2.13. The van der Waals surface area contributed by atoms with Crippen molar-refractivity contribution in [2.24, 2.45) is 0 Å². The third kappa shape index (κ3) is 13.9. The molecule has 20 heavy (non-hydrogen) atoms. The zero-order valence-corrected chi connectivity index (χ0v) is 13.6. The van der Waals surface area contributed by atoms with Crippen LogP contribution in [0.1, 0.15) is 90.9 Å². The minimum atomic E-state index is -0.351. The maximum atomic E-state index is 10.2. The number of unbranched alkanes of at least 4 members (excludes halogenated alkanes) is 10. The Morgan fingerprint density at radius 2 is 1.30 bits per heavy atom. The van der Waals surface area contributed by atoms with E-state index >= 15 is 0 Å². The molecule has 0 fully saturated rings. The van der Waals surface area contributed by atoms with Gasteiger partial charge in [-0.1, -0.05) is 78.1 Å². The molecule has 0 aromatic carbocycles. The molecule has 0 bridgehead atoms. The van der Waals surface area contributed by atoms with Crippen molar-refractivity contribution in [3.05, 3.63) is 0 Å². The fourth-order valence-electron chi connectivity index (χ4n) is 2.30. The summed E-state index contributed by atoms with van der Waals surface area (Å²) in [4.78, 5) is 10.2. The van der Waals surface area contributed by atoms with Crippen LogP contribution in [0.4, 0.5) is 0 Å². The molecular formula is C17H34O3. The molecule has 1 unspecified atom stereocenters. The van der Waals surface area contributed by atoms with Crippen LogP contribution in [0, 0.1) is 0 Å². The Balaban J connectivity index is 3.11. The summed E-state index contributed by atoms with van der Waals surface area (Å²) in [5, 5.41) is 0. The van der Waals surface area contributed by atoms with E-state index in [1.165, 1.54) is 64.2 Å². The second kappa shape index (κ2) is 16.5. The largest absolute Gasteiger partial charge is 0.438 e. The Morgan fingerprint density at radius 1 is 0.800 bits per heavy atom. The maximum Gasteiger partial charge on any atom is 0.295 e. The van der Waals surface area contributed by atoms with E-state index in [1.54, 1.807) is 0 Å². The van der Waals surface area contributed by atoms with Crippen molar-refractivity contribution < 1.29 is 14.3 Å². The third-order valence-electron chi connectivity index (χ3n) is 3.59. The Labute approximate surface area is 125 Å². The second-order valence-electron chi connectivity index (χ2n) is 5.48. The summed E-state index contributed by atoms with van der Waals surface area (Å²) in [7, 11) is 0. The smallest absolute Gasteiger partial charge is 0.295 e. The highest BCUT2D eigenvalue weighted by Gasteiger charge is 2.04. The van der Waals surface area contributed by atoms with Crippen molar-refractivity contribution >= 4 is 6.47 Å². The van der Waals surface area contributed by atoms with E-state index in [-0.39, 0.29) is 6.29 Å². The van der Waals surface area contributed by atoms with Crippen LogP contribution in [0.2, 0.25) is 0 Å². The van der Waals surface area contributed by atoms with Crippen LogP contribution in [0.5, 0.6) is 0 Å². The molecule has 3 heteroatoms. The molecule has 0 aromatic rings. The van der Waals surface area contributed by atoms with Gasteiger partial charge >= 0.3 is 0 Å². The van der Waals surface area contributed by atoms with E-state index in [1.807, 2.05) is 6.92 Å². The molecule has 0 aliphatic rings. The summed E-state index contributed by atoms with van der Waals surface area (Å²) in [6.45, 7) is 5.38. The molecule has 0 saturated heterocycles. The van der Waals surface area contributed by atoms with Gasteiger partial charge in [0.1, 0.15) is 0 Å². The lowest BCUT2D eigenvalue weighted by molar-refractivity contribution is -0.164. The number of carbonyl (C=O) groups excluding carboxylic acids is 1. The normalized spacial score (nSPS) is 12.3. The first-order valence-electron chi connectivity index (χ1n) is 8.55. The van der Waals surface area contributed by atoms with Crippen molar-refractivity contribution in [2.75, 3.05) is 6.61 Å². The summed E-state index contributed by atoms with van der Waals surface area (Å²) in [5.41, 5.74) is 0. The van der Waals surface area contributed by atoms with E-state index in [0.717, 1.165) is 12.8 Å². The van der Waals surface area contributed by atoms with Crippen LogP contribution in [-0.4, -0.2) is 19.4 Å². The minimum absolute atomic E-state index is 0.351. The van der Waals surface area contributed by atoms with Gasteiger partial charge in [0.2, 0.25) is 6.29 Å². The van der Waals surface area contributed by atoms with Gasteiger partial charge in [0, 0.05) is 6.42 Å². The Morgan fingerprint density at radius 3 is 1.75 bits per heavy atom. The van der Waals surface area contributed by atoms with Gasteiger partial charge in [-0.05, 0) is 6.42 Å². The first kappa shape index (κ1) is 19.4. The predicted octanol–water partition coefficient (Wildman–Crippen LogP) is 5.22. The molecule has 0 aliphatic carbocycles. The van der Waals surface area contributed by atoms with Gasteiger partial charge in [-0.15, -0.1) is 0 Å². The van der Waals surface area contributed by atoms with Crippen molar-refractivity contribution in [1.82, 2.24) is 0 Å². The first-order valence-corrected chi connectivity index (χ1v) is 8.55. The standard InChI is InChI=1S/C17H34O3/c1-3-5-6-7-8-9-10-11-12-13-14-15-19-17(4-2)20-16-18/h16-17H,3-15H2,1-2H3. The fourth-order valence-corrected chi connectivity index (χ4v) is 2.30. The zero-order chi connectivity index (χ0) is 14.9. The summed E-state index contributed by atoms with van der Waals surface area (Å²) >= 11 is 0. The molecule has 0 N–H and O–H groups in total. The molecule has 0 heterocycles. The molecule has 0 rings (SSSR count). The number of hydrogen-bond acceptors (Lipinski definition) is 3. The van der Waals surface area contributed by atoms with Gasteiger partial charge in [0.15, 0.2) is 0 Å². The summed E-state index contributed by atoms with van der Waals surface area (Å²) < 4.78 is 10.2. The SMILES string of the molecule is CCCCCCCCCCCCCOC(CC)OC=O. The van der Waals surface area contributed by atoms with Crippen LogP contribution in [-0.2, 0) is 14.3 Å². The minimum Gasteiger partial charge on any atom is -0.438 e. The topological polar surface area (TPSA) is 35.5 Å². The molecule has 120 valence electrons. The number of carbonyl (C=O) groups is 1. The van der Waals surface area contributed by atoms with Crippen LogP contribution in [0.25, 0.3) is 0 Å². The average molecular weight is 286 g/mol. The molecule has 0 radical (unpaired) electrons. The van der Waals surface area contributed by atoms with Crippen molar-refractivity contribution in [3.63, 3.8) is 0 Å². The molecular weight excluding hydrogens is 252 g/mol. The first-order chi connectivity index (χ1) is 9.85. The Bertz CT molecular complexity index is 195. The molecule has 3 nitrogen and oxygen atoms in total. The number of rotatable bonds is 16. The van der Waals surface area contributed by atoms with Crippen LogP contribution < -0.4 is 0 Å². The summed E-state index contributed by atoms with van der Waals surface area (Å²) in [6.07, 6.45) is 15.0. The van der Waals surface area contributed by atoms with E-state index in [2.05, 4.69) is 6.92 Å². The Kier molecular flexibility index (Phi) is 16.0. The molecule has 0 spiro atoms. The highest BCUT2D eigenvalue weighted by molar-refractivity contribution is 5.37. The maximum absolute atomic E-state index is 10.2. The molecule has 0 amide bonds. The Hall–Kier alpha value is -0.570. The lowest BCUT2D eigenvalue weighted by atomic mass is 10.1. The van der Waals surface area contributed by atoms with Crippen LogP contribution in [0.15, 0.2) is 0 Å². The number of hydrogen-bond donors (Lipinski definition) is 0. The van der Waals surface area contributed by atoms with Gasteiger partial charge in [0.05, 0.1) is 6.61 Å². The fraction of sp³-hybridized carbons (Fsp3) is 0.941. The van der Waals surface area contributed by atoms with Gasteiger partial charge in [0.25, 0.3) is 6.47 Å². The van der Waals surface area contributed by atoms with Crippen molar-refractivity contribution in [3.8, 4) is 0 Å². The monoisotopic (exact) mass is 286 g/mol. The van der Waals surface area contributed by atoms with Crippen molar-refractivity contribution in [1.29, 1.82) is 0 Å². The van der Waals surface area contributed by atoms with E-state index in [0.29, 0.717) is 13.1 Å². The molecule has 0 saturated carbocycles. The van der Waals surface area contributed by atoms with Gasteiger partial charge < -0.3 is 9.47 Å². The number of ether oxygens (including phenoxy) is 2. The van der Waals surface area contributed by atoms with Crippen molar-refractivity contribution in [2.45, 2.75) is 97.2 Å². The van der Waals surface area contributed by atoms with Gasteiger partial charge in [-0.25, -0.2) is 0 Å². The van der Waals surface area contributed by atoms with E-state index in [4.69, 9.17) is 9.47 Å². The van der Waals surface area contributed by atoms with Gasteiger partial charge in [-0.2, -0.15) is 0 Å². The predicted molar refractivity (Wildman–Crippen MR) is 83.6 cm³/mol. The summed E-state index contributed by atoms with van der Waals surface area (Å²) in [5.74, 6) is 0. The van der Waals surface area contributed by atoms with E-state index in [9.17, 15) is 4.79 Å². The van der Waals surface area contributed by atoms with E-state index < -0.39 is 0 Å². The average Bonchev–Trinajstić information content (AvgIpc) is 2.47. The quantitative estimate of drug-likeness (QED) is 0.221. The highest BCUT2D eigenvalue weighted by Crippen LogP contribution is 2.11. The van der Waals surface area contributed by atoms with Gasteiger partial charge in [-0.3, -0.25) is 4.79 Å². The molecule has 0 aliphatic heterocycles. The molecule has 0 aromatic heterocycles. The highest BCUT2D eigenvalue weighted by atomic mass is 16.7. The lowest BCUT2D eigenvalue weighted by Crippen LogP contribution is -2.16.